The van der Waals surface area contributed by atoms with Crippen molar-refractivity contribution in [3.8, 4) is 5.75 Å². The molecule has 1 saturated heterocycles. The quantitative estimate of drug-likeness (QED) is 0.816. The molecule has 0 bridgehead atoms. The van der Waals surface area contributed by atoms with E-state index in [1.807, 2.05) is 18.2 Å². The molecule has 0 saturated carbocycles. The molecular weight excluding hydrogens is 236 g/mol. The number of aliphatic hydroxyl groups excluding tert-OH is 1. The summed E-state index contributed by atoms with van der Waals surface area (Å²) in [5.74, 6) is 0.218. The second-order valence-corrected chi connectivity index (χ2v) is 4.17. The maximum atomic E-state index is 11.0. The molecule has 1 N–H and O–H groups in total. The fourth-order valence-corrected chi connectivity index (χ4v) is 1.82. The van der Waals surface area contributed by atoms with Crippen molar-refractivity contribution < 1.29 is 24.1 Å². The lowest BCUT2D eigenvalue weighted by atomic mass is 10.1. The highest BCUT2D eigenvalue weighted by Gasteiger charge is 2.34. The Kier molecular flexibility index (Phi) is 4.17. The average molecular weight is 252 g/mol. The van der Waals surface area contributed by atoms with Gasteiger partial charge in [-0.25, -0.2) is 0 Å². The van der Waals surface area contributed by atoms with E-state index in [0.717, 1.165) is 0 Å². The number of hydrogen-bond acceptors (Lipinski definition) is 5. The van der Waals surface area contributed by atoms with Crippen molar-refractivity contribution in [3.63, 3.8) is 0 Å². The van der Waals surface area contributed by atoms with Crippen molar-refractivity contribution in [3.05, 3.63) is 30.3 Å². The number of ether oxygens (including phenoxy) is 3. The molecule has 1 heterocycles. The standard InChI is InChI=1S/C13H16O5/c1-9(14)17-12-7-10(15)8-16-13(12)18-11-5-3-2-4-6-11/h2-6,10,12-13,15H,7-8H2,1H3/t10-,12-,13+/m1/s1. The Morgan fingerprint density at radius 1 is 1.39 bits per heavy atom. The van der Waals surface area contributed by atoms with E-state index in [9.17, 15) is 9.90 Å². The second kappa shape index (κ2) is 5.84. The van der Waals surface area contributed by atoms with E-state index >= 15 is 0 Å². The summed E-state index contributed by atoms with van der Waals surface area (Å²) in [5.41, 5.74) is 0. The maximum Gasteiger partial charge on any atom is 0.303 e. The highest BCUT2D eigenvalue weighted by Crippen LogP contribution is 2.22. The molecule has 1 aromatic carbocycles. The van der Waals surface area contributed by atoms with E-state index < -0.39 is 24.5 Å². The molecule has 98 valence electrons. The molecular formula is C13H16O5. The van der Waals surface area contributed by atoms with Gasteiger partial charge in [-0.2, -0.15) is 0 Å². The van der Waals surface area contributed by atoms with Gasteiger partial charge >= 0.3 is 5.97 Å². The average Bonchev–Trinajstić information content (AvgIpc) is 2.33. The SMILES string of the molecule is CC(=O)O[C@@H]1C[C@@H](O)CO[C@H]1Oc1ccccc1. The Morgan fingerprint density at radius 2 is 2.11 bits per heavy atom. The van der Waals surface area contributed by atoms with E-state index in [1.54, 1.807) is 12.1 Å². The van der Waals surface area contributed by atoms with Crippen LogP contribution in [0.15, 0.2) is 30.3 Å². The molecule has 0 aromatic heterocycles. The molecule has 0 amide bonds. The predicted molar refractivity (Wildman–Crippen MR) is 63.0 cm³/mol. The molecule has 1 aliphatic rings. The minimum Gasteiger partial charge on any atom is -0.461 e. The van der Waals surface area contributed by atoms with Crippen LogP contribution in [-0.2, 0) is 14.3 Å². The number of esters is 1. The summed E-state index contributed by atoms with van der Waals surface area (Å²) in [6.45, 7) is 1.50. The zero-order valence-corrected chi connectivity index (χ0v) is 10.1. The third kappa shape index (κ3) is 3.45. The Balaban J connectivity index is 2.02. The van der Waals surface area contributed by atoms with Crippen LogP contribution in [0.5, 0.6) is 5.75 Å². The van der Waals surface area contributed by atoms with Gasteiger partial charge in [-0.3, -0.25) is 4.79 Å². The molecule has 2 rings (SSSR count). The van der Waals surface area contributed by atoms with Gasteiger partial charge in [-0.05, 0) is 12.1 Å². The number of hydrogen-bond donors (Lipinski definition) is 1. The van der Waals surface area contributed by atoms with E-state index in [4.69, 9.17) is 14.2 Å². The lowest BCUT2D eigenvalue weighted by Crippen LogP contribution is -2.46. The maximum absolute atomic E-state index is 11.0. The van der Waals surface area contributed by atoms with Crippen LogP contribution in [0, 0.1) is 0 Å². The van der Waals surface area contributed by atoms with Gasteiger partial charge in [-0.15, -0.1) is 0 Å². The van der Waals surface area contributed by atoms with Crippen LogP contribution in [0.25, 0.3) is 0 Å². The molecule has 0 spiro atoms. The number of carbonyl (C=O) groups is 1. The second-order valence-electron chi connectivity index (χ2n) is 4.17. The molecule has 18 heavy (non-hydrogen) atoms. The van der Waals surface area contributed by atoms with Gasteiger partial charge in [0.05, 0.1) is 12.7 Å². The fraction of sp³-hybridized carbons (Fsp3) is 0.462. The minimum atomic E-state index is -0.681. The lowest BCUT2D eigenvalue weighted by Gasteiger charge is -2.33. The number of aliphatic hydroxyl groups is 1. The normalized spacial score (nSPS) is 27.6. The summed E-state index contributed by atoms with van der Waals surface area (Å²) in [7, 11) is 0. The molecule has 1 aliphatic heterocycles. The molecule has 1 fully saturated rings. The number of rotatable bonds is 3. The Bertz CT molecular complexity index is 392. The van der Waals surface area contributed by atoms with Crippen molar-refractivity contribution in [2.24, 2.45) is 0 Å². The van der Waals surface area contributed by atoms with Gasteiger partial charge < -0.3 is 19.3 Å². The van der Waals surface area contributed by atoms with Crippen molar-refractivity contribution in [2.75, 3.05) is 6.61 Å². The molecule has 5 heteroatoms. The van der Waals surface area contributed by atoms with E-state index in [-0.39, 0.29) is 6.61 Å². The van der Waals surface area contributed by atoms with Gasteiger partial charge in [0.1, 0.15) is 5.75 Å². The van der Waals surface area contributed by atoms with Crippen LogP contribution < -0.4 is 4.74 Å². The van der Waals surface area contributed by atoms with Crippen LogP contribution in [0.3, 0.4) is 0 Å². The first kappa shape index (κ1) is 12.9. The number of para-hydroxylation sites is 1. The molecule has 0 unspecified atom stereocenters. The fourth-order valence-electron chi connectivity index (χ4n) is 1.82. The smallest absolute Gasteiger partial charge is 0.303 e. The van der Waals surface area contributed by atoms with E-state index in [0.29, 0.717) is 12.2 Å². The zero-order chi connectivity index (χ0) is 13.0. The first-order valence-corrected chi connectivity index (χ1v) is 5.84. The van der Waals surface area contributed by atoms with Crippen molar-refractivity contribution >= 4 is 5.97 Å². The minimum absolute atomic E-state index is 0.176. The molecule has 0 radical (unpaired) electrons. The third-order valence-electron chi connectivity index (χ3n) is 2.57. The van der Waals surface area contributed by atoms with Crippen LogP contribution >= 0.6 is 0 Å². The lowest BCUT2D eigenvalue weighted by molar-refractivity contribution is -0.214. The van der Waals surface area contributed by atoms with E-state index in [2.05, 4.69) is 0 Å². The zero-order valence-electron chi connectivity index (χ0n) is 10.1. The number of carbonyl (C=O) groups excluding carboxylic acids is 1. The summed E-state index contributed by atoms with van der Waals surface area (Å²) in [4.78, 5) is 11.0. The van der Waals surface area contributed by atoms with Gasteiger partial charge in [0.25, 0.3) is 0 Å². The molecule has 1 aromatic rings. The Hall–Kier alpha value is -1.59. The number of benzene rings is 1. The highest BCUT2D eigenvalue weighted by atomic mass is 16.7. The summed E-state index contributed by atoms with van der Waals surface area (Å²) in [6, 6.07) is 9.14. The van der Waals surface area contributed by atoms with Crippen LogP contribution in [-0.4, -0.2) is 36.2 Å². The predicted octanol–water partition coefficient (Wildman–Crippen LogP) is 1.10. The summed E-state index contributed by atoms with van der Waals surface area (Å²) < 4.78 is 16.1. The first-order valence-electron chi connectivity index (χ1n) is 5.84. The van der Waals surface area contributed by atoms with Crippen molar-refractivity contribution in [1.29, 1.82) is 0 Å². The van der Waals surface area contributed by atoms with Crippen molar-refractivity contribution in [1.82, 2.24) is 0 Å². The van der Waals surface area contributed by atoms with Crippen LogP contribution in [0.2, 0.25) is 0 Å². The van der Waals surface area contributed by atoms with E-state index in [1.165, 1.54) is 6.92 Å². The monoisotopic (exact) mass is 252 g/mol. The van der Waals surface area contributed by atoms with Gasteiger partial charge in [0.15, 0.2) is 6.10 Å². The topological polar surface area (TPSA) is 65.0 Å². The summed E-state index contributed by atoms with van der Waals surface area (Å²) >= 11 is 0. The molecule has 3 atom stereocenters. The van der Waals surface area contributed by atoms with Gasteiger partial charge in [0, 0.05) is 13.3 Å². The Morgan fingerprint density at radius 3 is 2.78 bits per heavy atom. The Labute approximate surface area is 105 Å². The highest BCUT2D eigenvalue weighted by molar-refractivity contribution is 5.66. The van der Waals surface area contributed by atoms with Crippen LogP contribution in [0.4, 0.5) is 0 Å². The largest absolute Gasteiger partial charge is 0.461 e. The van der Waals surface area contributed by atoms with Gasteiger partial charge in [0.2, 0.25) is 6.29 Å². The molecule has 5 nitrogen and oxygen atoms in total. The third-order valence-corrected chi connectivity index (χ3v) is 2.57. The van der Waals surface area contributed by atoms with Crippen molar-refractivity contribution in [2.45, 2.75) is 31.8 Å². The summed E-state index contributed by atoms with van der Waals surface area (Å²) in [5, 5.41) is 9.50. The van der Waals surface area contributed by atoms with Crippen LogP contribution in [0.1, 0.15) is 13.3 Å². The summed E-state index contributed by atoms with van der Waals surface area (Å²) in [6.07, 6.45) is -1.59. The van der Waals surface area contributed by atoms with Gasteiger partial charge in [-0.1, -0.05) is 18.2 Å². The first-order chi connectivity index (χ1) is 8.65. The molecule has 0 aliphatic carbocycles.